The van der Waals surface area contributed by atoms with Crippen molar-refractivity contribution in [2.75, 3.05) is 0 Å². The van der Waals surface area contributed by atoms with Gasteiger partial charge in [-0.3, -0.25) is 4.79 Å². The van der Waals surface area contributed by atoms with Crippen LogP contribution in [0.4, 0.5) is 0 Å². The highest BCUT2D eigenvalue weighted by atomic mass is 32.2. The average molecular weight is 228 g/mol. The van der Waals surface area contributed by atoms with Crippen molar-refractivity contribution in [2.24, 2.45) is 0 Å². The maximum absolute atomic E-state index is 10.8. The van der Waals surface area contributed by atoms with Crippen LogP contribution in [0.2, 0.25) is 0 Å². The maximum Gasteiger partial charge on any atom is 0.308 e. The Balaban J connectivity index is 0.000000245. The molecule has 6 nitrogen and oxygen atoms in total. The lowest BCUT2D eigenvalue weighted by Crippen LogP contribution is -2.32. The molecule has 0 bridgehead atoms. The number of rotatable bonds is 0. The number of carbonyl (C=O) groups is 1. The number of hydrogen-bond acceptors (Lipinski definition) is 5. The first-order chi connectivity index (χ1) is 7.09. The molecule has 0 saturated heterocycles. The maximum atomic E-state index is 10.8. The SMILES string of the molecule is N=S(=O)=O.O=C1Cc2ccccc2ON1. The van der Waals surface area contributed by atoms with E-state index in [2.05, 4.69) is 5.48 Å². The molecule has 2 rings (SSSR count). The predicted molar refractivity (Wildman–Crippen MR) is 50.6 cm³/mol. The van der Waals surface area contributed by atoms with E-state index in [9.17, 15) is 4.79 Å². The van der Waals surface area contributed by atoms with Crippen LogP contribution in [0.25, 0.3) is 0 Å². The molecule has 15 heavy (non-hydrogen) atoms. The molecule has 0 aromatic heterocycles. The van der Waals surface area contributed by atoms with E-state index < -0.39 is 10.5 Å². The molecule has 7 heteroatoms. The Kier molecular flexibility index (Phi) is 3.81. The molecule has 1 heterocycles. The van der Waals surface area contributed by atoms with Crippen molar-refractivity contribution in [2.45, 2.75) is 6.42 Å². The molecule has 0 spiro atoms. The summed E-state index contributed by atoms with van der Waals surface area (Å²) < 4.78 is 22.8. The molecule has 0 radical (unpaired) electrons. The summed E-state index contributed by atoms with van der Waals surface area (Å²) in [5.41, 5.74) is 3.24. The molecule has 0 saturated carbocycles. The van der Waals surface area contributed by atoms with E-state index in [0.29, 0.717) is 6.42 Å². The molecular weight excluding hydrogens is 220 g/mol. The van der Waals surface area contributed by atoms with Crippen LogP contribution >= 0.6 is 0 Å². The van der Waals surface area contributed by atoms with Crippen LogP contribution in [0.3, 0.4) is 0 Å². The van der Waals surface area contributed by atoms with Gasteiger partial charge in [0.1, 0.15) is 0 Å². The number of nitrogens with one attached hydrogen (secondary N) is 2. The third kappa shape index (κ3) is 3.77. The van der Waals surface area contributed by atoms with Gasteiger partial charge in [-0.05, 0) is 6.07 Å². The van der Waals surface area contributed by atoms with Crippen molar-refractivity contribution in [3.63, 3.8) is 0 Å². The predicted octanol–water partition coefficient (Wildman–Crippen LogP) is 0.281. The van der Waals surface area contributed by atoms with Gasteiger partial charge in [0, 0.05) is 5.56 Å². The molecule has 0 unspecified atom stereocenters. The van der Waals surface area contributed by atoms with Gasteiger partial charge < -0.3 is 4.84 Å². The zero-order chi connectivity index (χ0) is 11.3. The fourth-order valence-electron chi connectivity index (χ4n) is 1.07. The van der Waals surface area contributed by atoms with Gasteiger partial charge in [-0.25, -0.2) is 0 Å². The van der Waals surface area contributed by atoms with Crippen LogP contribution in [0.1, 0.15) is 5.56 Å². The molecule has 0 aliphatic carbocycles. The first-order valence-electron chi connectivity index (χ1n) is 3.93. The van der Waals surface area contributed by atoms with Crippen LogP contribution in [0.15, 0.2) is 24.3 Å². The van der Waals surface area contributed by atoms with Gasteiger partial charge in [0.05, 0.1) is 6.42 Å². The second-order valence-corrected chi connectivity index (χ2v) is 3.12. The molecule has 0 atom stereocenters. The summed E-state index contributed by atoms with van der Waals surface area (Å²) in [5, 5.41) is 0. The Hall–Kier alpha value is -1.89. The average Bonchev–Trinajstić information content (AvgIpc) is 2.16. The number of benzene rings is 1. The first-order valence-corrected chi connectivity index (χ1v) is 5.01. The Morgan fingerprint density at radius 2 is 1.93 bits per heavy atom. The molecule has 1 aromatic rings. The zero-order valence-corrected chi connectivity index (χ0v) is 8.37. The fourth-order valence-corrected chi connectivity index (χ4v) is 1.07. The van der Waals surface area contributed by atoms with Gasteiger partial charge in [0.15, 0.2) is 5.75 Å². The Morgan fingerprint density at radius 1 is 1.33 bits per heavy atom. The minimum Gasteiger partial charge on any atom is -0.379 e. The van der Waals surface area contributed by atoms with Crippen LogP contribution in [-0.4, -0.2) is 14.3 Å². The number of hydrogen-bond donors (Lipinski definition) is 2. The number of carbonyl (C=O) groups excluding carboxylic acids is 1. The lowest BCUT2D eigenvalue weighted by molar-refractivity contribution is -0.128. The summed E-state index contributed by atoms with van der Waals surface area (Å²) in [6.45, 7) is 0. The normalized spacial score (nSPS) is 12.4. The second kappa shape index (κ2) is 5.11. The van der Waals surface area contributed by atoms with Gasteiger partial charge in [-0.2, -0.15) is 18.7 Å². The molecule has 1 aliphatic heterocycles. The number of amides is 1. The fraction of sp³-hybridized carbons (Fsp3) is 0.125. The summed E-state index contributed by atoms with van der Waals surface area (Å²) in [5.74, 6) is 0.649. The van der Waals surface area contributed by atoms with Gasteiger partial charge >= 0.3 is 10.5 Å². The first kappa shape index (κ1) is 11.2. The third-order valence-electron chi connectivity index (χ3n) is 1.60. The zero-order valence-electron chi connectivity index (χ0n) is 7.56. The van der Waals surface area contributed by atoms with Gasteiger partial charge in [-0.1, -0.05) is 18.2 Å². The molecule has 1 aliphatic rings. The van der Waals surface area contributed by atoms with Crippen molar-refractivity contribution >= 4 is 16.4 Å². The van der Waals surface area contributed by atoms with Crippen LogP contribution < -0.4 is 10.3 Å². The quantitative estimate of drug-likeness (QED) is 0.666. The Bertz CT molecular complexity index is 461. The van der Waals surface area contributed by atoms with E-state index in [1.807, 2.05) is 24.3 Å². The largest absolute Gasteiger partial charge is 0.379 e. The van der Waals surface area contributed by atoms with E-state index in [-0.39, 0.29) is 5.91 Å². The Labute approximate surface area is 87.3 Å². The lowest BCUT2D eigenvalue weighted by Gasteiger charge is -2.15. The Morgan fingerprint density at radius 3 is 2.60 bits per heavy atom. The summed E-state index contributed by atoms with van der Waals surface area (Å²) >= 11 is 0. The van der Waals surface area contributed by atoms with E-state index >= 15 is 0 Å². The van der Waals surface area contributed by atoms with Crippen molar-refractivity contribution in [3.8, 4) is 5.75 Å². The van der Waals surface area contributed by atoms with E-state index in [1.54, 1.807) is 0 Å². The third-order valence-corrected chi connectivity index (χ3v) is 1.60. The molecule has 0 fully saturated rings. The standard InChI is InChI=1S/C8H7NO2.HNO2S/c10-8-5-6-3-1-2-4-7(6)11-9-8;1-4(2)3/h1-4H,5H2,(H,9,10);1H. The monoisotopic (exact) mass is 228 g/mol. The van der Waals surface area contributed by atoms with E-state index in [0.717, 1.165) is 11.3 Å². The molecule has 1 amide bonds. The summed E-state index contributed by atoms with van der Waals surface area (Å²) in [6.07, 6.45) is 0.413. The molecule has 80 valence electrons. The highest BCUT2D eigenvalue weighted by molar-refractivity contribution is 7.60. The minimum absolute atomic E-state index is 0.0938. The highest BCUT2D eigenvalue weighted by Gasteiger charge is 2.14. The van der Waals surface area contributed by atoms with Gasteiger partial charge in [0.2, 0.25) is 0 Å². The molecule has 2 N–H and O–H groups in total. The number of hydroxylamine groups is 1. The summed E-state index contributed by atoms with van der Waals surface area (Å²) in [4.78, 5) is 15.7. The van der Waals surface area contributed by atoms with Gasteiger partial charge in [0.25, 0.3) is 5.91 Å². The summed E-state index contributed by atoms with van der Waals surface area (Å²) in [6, 6.07) is 7.47. The van der Waals surface area contributed by atoms with Gasteiger partial charge in [-0.15, -0.1) is 0 Å². The number of fused-ring (bicyclic) bond motifs is 1. The van der Waals surface area contributed by atoms with Crippen LogP contribution in [0, 0.1) is 4.78 Å². The lowest BCUT2D eigenvalue weighted by atomic mass is 10.1. The van der Waals surface area contributed by atoms with Crippen molar-refractivity contribution in [1.29, 1.82) is 4.78 Å². The van der Waals surface area contributed by atoms with E-state index in [4.69, 9.17) is 18.0 Å². The van der Waals surface area contributed by atoms with E-state index in [1.165, 1.54) is 0 Å². The minimum atomic E-state index is -2.61. The second-order valence-electron chi connectivity index (χ2n) is 2.65. The molecule has 1 aromatic carbocycles. The van der Waals surface area contributed by atoms with Crippen LogP contribution in [0.5, 0.6) is 5.75 Å². The highest BCUT2D eigenvalue weighted by Crippen LogP contribution is 2.19. The topological polar surface area (TPSA) is 96.3 Å². The van der Waals surface area contributed by atoms with Crippen molar-refractivity contribution < 1.29 is 18.0 Å². The van der Waals surface area contributed by atoms with Crippen LogP contribution in [-0.2, 0) is 21.7 Å². The summed E-state index contributed by atoms with van der Waals surface area (Å²) in [7, 11) is -2.61. The molecular formula is C8H8N2O4S. The number of para-hydroxylation sites is 1. The van der Waals surface area contributed by atoms with Crippen molar-refractivity contribution in [1.82, 2.24) is 5.48 Å². The van der Waals surface area contributed by atoms with Crippen molar-refractivity contribution in [3.05, 3.63) is 29.8 Å². The smallest absolute Gasteiger partial charge is 0.308 e.